The summed E-state index contributed by atoms with van der Waals surface area (Å²) < 4.78 is 13.1. The number of benzene rings is 1. The Kier molecular flexibility index (Phi) is 4.55. The number of nitro groups is 1. The van der Waals surface area contributed by atoms with Gasteiger partial charge in [-0.05, 0) is 12.5 Å². The molecule has 1 aromatic rings. The summed E-state index contributed by atoms with van der Waals surface area (Å²) in [6, 6.07) is 1.48. The smallest absolute Gasteiger partial charge is 0.295 e. The number of nitrogens with zero attached hydrogens (tertiary/aromatic N) is 1. The zero-order valence-corrected chi connectivity index (χ0v) is 9.35. The van der Waals surface area contributed by atoms with E-state index in [1.165, 1.54) is 0 Å². The van der Waals surface area contributed by atoms with Crippen LogP contribution in [0.2, 0.25) is 0 Å². The number of nitrogens with two attached hydrogens (primary N) is 1. The molecular formula is C10H12FN3O4. The van der Waals surface area contributed by atoms with E-state index in [9.17, 15) is 19.3 Å². The molecule has 0 unspecified atom stereocenters. The van der Waals surface area contributed by atoms with Crippen LogP contribution in [-0.4, -0.2) is 29.1 Å². The number of nitrogen functional groups attached to an aromatic ring is 1. The molecule has 0 aromatic heterocycles. The van der Waals surface area contributed by atoms with Crippen LogP contribution in [0.3, 0.4) is 0 Å². The fourth-order valence-corrected chi connectivity index (χ4v) is 1.32. The quantitative estimate of drug-likeness (QED) is 0.306. The summed E-state index contributed by atoms with van der Waals surface area (Å²) in [5.41, 5.74) is 4.11. The standard InChI is InChI=1S/C10H12FN3O4/c11-6-4-7(10(16)13-2-1-3-15)9(12)8(5-6)14(17)18/h4-5,15H,1-3,12H2,(H,13,16). The van der Waals surface area contributed by atoms with E-state index in [1.807, 2.05) is 0 Å². The van der Waals surface area contributed by atoms with Crippen LogP contribution in [0.1, 0.15) is 16.8 Å². The van der Waals surface area contributed by atoms with Crippen molar-refractivity contribution in [1.82, 2.24) is 5.32 Å². The lowest BCUT2D eigenvalue weighted by Gasteiger charge is -2.07. The molecule has 0 aliphatic rings. The molecule has 0 radical (unpaired) electrons. The molecule has 0 atom stereocenters. The van der Waals surface area contributed by atoms with Gasteiger partial charge in [-0.15, -0.1) is 0 Å². The number of nitro benzene ring substituents is 1. The Labute approximate surface area is 102 Å². The average Bonchev–Trinajstić information content (AvgIpc) is 2.31. The van der Waals surface area contributed by atoms with Gasteiger partial charge in [0.05, 0.1) is 16.6 Å². The summed E-state index contributed by atoms with van der Waals surface area (Å²) in [6.07, 6.45) is 0.322. The van der Waals surface area contributed by atoms with Crippen molar-refractivity contribution >= 4 is 17.3 Å². The molecule has 0 saturated heterocycles. The molecular weight excluding hydrogens is 245 g/mol. The van der Waals surface area contributed by atoms with Gasteiger partial charge in [-0.1, -0.05) is 0 Å². The molecule has 1 rings (SSSR count). The number of nitrogens with one attached hydrogen (secondary N) is 1. The second kappa shape index (κ2) is 5.92. The normalized spacial score (nSPS) is 10.1. The van der Waals surface area contributed by atoms with Crippen LogP contribution >= 0.6 is 0 Å². The Morgan fingerprint density at radius 1 is 1.56 bits per heavy atom. The second-order valence-electron chi connectivity index (χ2n) is 3.48. The minimum absolute atomic E-state index is 0.112. The van der Waals surface area contributed by atoms with Gasteiger partial charge < -0.3 is 16.2 Å². The van der Waals surface area contributed by atoms with Crippen LogP contribution in [0.25, 0.3) is 0 Å². The summed E-state index contributed by atoms with van der Waals surface area (Å²) >= 11 is 0. The number of anilines is 1. The van der Waals surface area contributed by atoms with Gasteiger partial charge in [-0.25, -0.2) is 4.39 Å². The minimum atomic E-state index is -0.914. The molecule has 0 spiro atoms. The van der Waals surface area contributed by atoms with Gasteiger partial charge in [0.2, 0.25) is 0 Å². The molecule has 7 nitrogen and oxygen atoms in total. The van der Waals surface area contributed by atoms with E-state index >= 15 is 0 Å². The molecule has 1 aromatic carbocycles. The molecule has 0 fully saturated rings. The van der Waals surface area contributed by atoms with E-state index in [0.29, 0.717) is 12.5 Å². The summed E-state index contributed by atoms with van der Waals surface area (Å²) in [6.45, 7) is 0.0537. The summed E-state index contributed by atoms with van der Waals surface area (Å²) in [4.78, 5) is 21.4. The van der Waals surface area contributed by atoms with E-state index in [4.69, 9.17) is 10.8 Å². The fraction of sp³-hybridized carbons (Fsp3) is 0.300. The Hall–Kier alpha value is -2.22. The van der Waals surface area contributed by atoms with Crippen molar-refractivity contribution < 1.29 is 19.2 Å². The van der Waals surface area contributed by atoms with Crippen LogP contribution in [0, 0.1) is 15.9 Å². The number of rotatable bonds is 5. The first-order valence-electron chi connectivity index (χ1n) is 5.10. The number of carbonyl (C=O) groups is 1. The number of aliphatic hydroxyl groups is 1. The van der Waals surface area contributed by atoms with E-state index < -0.39 is 22.3 Å². The lowest BCUT2D eigenvalue weighted by molar-refractivity contribution is -0.384. The van der Waals surface area contributed by atoms with Crippen LogP contribution in [-0.2, 0) is 0 Å². The number of amides is 1. The number of aliphatic hydroxyl groups excluding tert-OH is 1. The first-order chi connectivity index (χ1) is 8.47. The number of carbonyl (C=O) groups excluding carboxylic acids is 1. The predicted octanol–water partition coefficient (Wildman–Crippen LogP) is 0.428. The van der Waals surface area contributed by atoms with Gasteiger partial charge in [0.15, 0.2) is 0 Å². The SMILES string of the molecule is Nc1c(C(=O)NCCCO)cc(F)cc1[N+](=O)[O-]. The molecule has 0 saturated carbocycles. The van der Waals surface area contributed by atoms with Crippen LogP contribution in [0.5, 0.6) is 0 Å². The minimum Gasteiger partial charge on any atom is -0.396 e. The number of hydrogen-bond acceptors (Lipinski definition) is 5. The molecule has 0 bridgehead atoms. The van der Waals surface area contributed by atoms with E-state index in [-0.39, 0.29) is 24.4 Å². The molecule has 1 amide bonds. The molecule has 8 heteroatoms. The van der Waals surface area contributed by atoms with Crippen molar-refractivity contribution in [2.24, 2.45) is 0 Å². The zero-order chi connectivity index (χ0) is 13.7. The average molecular weight is 257 g/mol. The van der Waals surface area contributed by atoms with Crippen molar-refractivity contribution in [3.8, 4) is 0 Å². The maximum Gasteiger partial charge on any atom is 0.295 e. The highest BCUT2D eigenvalue weighted by Gasteiger charge is 2.21. The highest BCUT2D eigenvalue weighted by Crippen LogP contribution is 2.26. The van der Waals surface area contributed by atoms with Crippen LogP contribution in [0.4, 0.5) is 15.8 Å². The van der Waals surface area contributed by atoms with E-state index in [0.717, 1.165) is 6.07 Å². The van der Waals surface area contributed by atoms with Crippen molar-refractivity contribution in [2.45, 2.75) is 6.42 Å². The first kappa shape index (κ1) is 13.8. The van der Waals surface area contributed by atoms with Gasteiger partial charge in [0, 0.05) is 13.2 Å². The maximum absolute atomic E-state index is 13.1. The number of hydrogen-bond donors (Lipinski definition) is 3. The molecule has 4 N–H and O–H groups in total. The second-order valence-corrected chi connectivity index (χ2v) is 3.48. The van der Waals surface area contributed by atoms with Gasteiger partial charge in [-0.2, -0.15) is 0 Å². The van der Waals surface area contributed by atoms with E-state index in [2.05, 4.69) is 5.32 Å². The predicted molar refractivity (Wildman–Crippen MR) is 61.5 cm³/mol. The number of halogens is 1. The van der Waals surface area contributed by atoms with Gasteiger partial charge in [-0.3, -0.25) is 14.9 Å². The Balaban J connectivity index is 3.01. The van der Waals surface area contributed by atoms with Crippen molar-refractivity contribution in [3.05, 3.63) is 33.6 Å². The van der Waals surface area contributed by atoms with Crippen molar-refractivity contribution in [2.75, 3.05) is 18.9 Å². The van der Waals surface area contributed by atoms with Gasteiger partial charge >= 0.3 is 0 Å². The molecule has 98 valence electrons. The monoisotopic (exact) mass is 257 g/mol. The van der Waals surface area contributed by atoms with E-state index in [1.54, 1.807) is 0 Å². The summed E-state index contributed by atoms with van der Waals surface area (Å²) in [5, 5.41) is 21.5. The first-order valence-corrected chi connectivity index (χ1v) is 5.10. The summed E-state index contributed by atoms with van der Waals surface area (Å²) in [5.74, 6) is -1.63. The van der Waals surface area contributed by atoms with Crippen molar-refractivity contribution in [1.29, 1.82) is 0 Å². The van der Waals surface area contributed by atoms with Gasteiger partial charge in [0.1, 0.15) is 11.5 Å². The van der Waals surface area contributed by atoms with Crippen LogP contribution < -0.4 is 11.1 Å². The molecule has 18 heavy (non-hydrogen) atoms. The highest BCUT2D eigenvalue weighted by atomic mass is 19.1. The zero-order valence-electron chi connectivity index (χ0n) is 9.35. The Bertz CT molecular complexity index is 478. The third kappa shape index (κ3) is 3.14. The third-order valence-corrected chi connectivity index (χ3v) is 2.18. The topological polar surface area (TPSA) is 118 Å². The third-order valence-electron chi connectivity index (χ3n) is 2.18. The Morgan fingerprint density at radius 2 is 2.22 bits per heavy atom. The fourth-order valence-electron chi connectivity index (χ4n) is 1.32. The lowest BCUT2D eigenvalue weighted by Crippen LogP contribution is -2.26. The van der Waals surface area contributed by atoms with Crippen molar-refractivity contribution in [3.63, 3.8) is 0 Å². The molecule has 0 heterocycles. The van der Waals surface area contributed by atoms with Gasteiger partial charge in [0.25, 0.3) is 11.6 Å². The Morgan fingerprint density at radius 3 is 2.78 bits per heavy atom. The maximum atomic E-state index is 13.1. The molecule has 0 aliphatic heterocycles. The highest BCUT2D eigenvalue weighted by molar-refractivity contribution is 6.01. The largest absolute Gasteiger partial charge is 0.396 e. The van der Waals surface area contributed by atoms with Crippen LogP contribution in [0.15, 0.2) is 12.1 Å². The lowest BCUT2D eigenvalue weighted by atomic mass is 10.1. The summed E-state index contributed by atoms with van der Waals surface area (Å²) in [7, 11) is 0. The molecule has 0 aliphatic carbocycles.